The van der Waals surface area contributed by atoms with E-state index in [0.29, 0.717) is 6.10 Å². The van der Waals surface area contributed by atoms with Crippen LogP contribution >= 0.6 is 0 Å². The van der Waals surface area contributed by atoms with Gasteiger partial charge in [0, 0.05) is 6.42 Å². The van der Waals surface area contributed by atoms with Crippen LogP contribution in [0.15, 0.2) is 0 Å². The van der Waals surface area contributed by atoms with Crippen LogP contribution in [0.3, 0.4) is 0 Å². The summed E-state index contributed by atoms with van der Waals surface area (Å²) in [4.78, 5) is 0. The molecule has 1 saturated heterocycles. The molecule has 0 bridgehead atoms. The third-order valence-corrected chi connectivity index (χ3v) is 3.41. The van der Waals surface area contributed by atoms with E-state index in [2.05, 4.69) is 27.7 Å². The summed E-state index contributed by atoms with van der Waals surface area (Å²) in [5, 5.41) is 0. The summed E-state index contributed by atoms with van der Waals surface area (Å²) in [7, 11) is 0. The molecular formula is C15H30O2. The minimum Gasteiger partial charge on any atom is -0.350 e. The molecule has 0 aromatic rings. The summed E-state index contributed by atoms with van der Waals surface area (Å²) in [6, 6.07) is 0. The molecule has 1 aliphatic rings. The molecule has 1 fully saturated rings. The van der Waals surface area contributed by atoms with Crippen molar-refractivity contribution in [1.82, 2.24) is 0 Å². The van der Waals surface area contributed by atoms with Crippen LogP contribution in [0.1, 0.15) is 79.1 Å². The zero-order valence-corrected chi connectivity index (χ0v) is 12.1. The number of ether oxygens (including phenoxy) is 2. The van der Waals surface area contributed by atoms with Crippen LogP contribution in [0.2, 0.25) is 0 Å². The maximum Gasteiger partial charge on any atom is 0.158 e. The van der Waals surface area contributed by atoms with Crippen molar-refractivity contribution >= 4 is 0 Å². The van der Waals surface area contributed by atoms with Crippen molar-refractivity contribution in [3.8, 4) is 0 Å². The van der Waals surface area contributed by atoms with Crippen LogP contribution in [0.5, 0.6) is 0 Å². The van der Waals surface area contributed by atoms with Gasteiger partial charge in [-0.3, -0.25) is 0 Å². The van der Waals surface area contributed by atoms with Crippen molar-refractivity contribution < 1.29 is 9.47 Å². The fourth-order valence-corrected chi connectivity index (χ4v) is 2.65. The van der Waals surface area contributed by atoms with Crippen molar-refractivity contribution in [3.05, 3.63) is 0 Å². The molecule has 0 aromatic heterocycles. The normalized spacial score (nSPS) is 28.2. The quantitative estimate of drug-likeness (QED) is 0.604. The molecule has 1 heterocycles. The van der Waals surface area contributed by atoms with Gasteiger partial charge < -0.3 is 9.47 Å². The van der Waals surface area contributed by atoms with E-state index in [4.69, 9.17) is 9.47 Å². The summed E-state index contributed by atoms with van der Waals surface area (Å²) in [5.74, 6) is 0. The summed E-state index contributed by atoms with van der Waals surface area (Å²) < 4.78 is 11.8. The maximum atomic E-state index is 5.95. The SMILES string of the molecule is CCCCCCCCC1OC(C)CC(C)(C)O1. The van der Waals surface area contributed by atoms with Crippen molar-refractivity contribution in [2.45, 2.75) is 97.1 Å². The Kier molecular flexibility index (Phi) is 6.50. The first-order valence-corrected chi connectivity index (χ1v) is 7.37. The standard InChI is InChI=1S/C15H30O2/c1-5-6-7-8-9-10-11-14-16-13(2)12-15(3,4)17-14/h13-14H,5-12H2,1-4H3. The Morgan fingerprint density at radius 2 is 1.71 bits per heavy atom. The number of rotatable bonds is 7. The van der Waals surface area contributed by atoms with E-state index in [-0.39, 0.29) is 11.9 Å². The molecule has 2 nitrogen and oxygen atoms in total. The molecule has 0 aromatic carbocycles. The molecule has 1 rings (SSSR count). The van der Waals surface area contributed by atoms with Crippen LogP contribution in [0.4, 0.5) is 0 Å². The lowest BCUT2D eigenvalue weighted by atomic mass is 9.99. The van der Waals surface area contributed by atoms with Crippen molar-refractivity contribution in [2.75, 3.05) is 0 Å². The molecule has 102 valence electrons. The Balaban J connectivity index is 2.10. The molecule has 0 amide bonds. The van der Waals surface area contributed by atoms with Gasteiger partial charge >= 0.3 is 0 Å². The van der Waals surface area contributed by atoms with Gasteiger partial charge in [0.2, 0.25) is 0 Å². The highest BCUT2D eigenvalue weighted by atomic mass is 16.7. The van der Waals surface area contributed by atoms with Gasteiger partial charge in [0.05, 0.1) is 11.7 Å². The summed E-state index contributed by atoms with van der Waals surface area (Å²) in [6.07, 6.45) is 10.4. The van der Waals surface area contributed by atoms with Crippen molar-refractivity contribution in [1.29, 1.82) is 0 Å². The molecule has 0 radical (unpaired) electrons. The Bertz CT molecular complexity index is 201. The largest absolute Gasteiger partial charge is 0.350 e. The zero-order chi connectivity index (χ0) is 12.7. The minimum absolute atomic E-state index is 0.00938. The van der Waals surface area contributed by atoms with Gasteiger partial charge in [0.15, 0.2) is 6.29 Å². The van der Waals surface area contributed by atoms with Gasteiger partial charge in [-0.25, -0.2) is 0 Å². The molecule has 2 atom stereocenters. The van der Waals surface area contributed by atoms with Crippen LogP contribution in [-0.2, 0) is 9.47 Å². The average Bonchev–Trinajstić information content (AvgIpc) is 2.20. The van der Waals surface area contributed by atoms with Crippen LogP contribution in [0, 0.1) is 0 Å². The lowest BCUT2D eigenvalue weighted by Crippen LogP contribution is -2.42. The average molecular weight is 242 g/mol. The molecule has 0 N–H and O–H groups in total. The first-order valence-electron chi connectivity index (χ1n) is 7.37. The third-order valence-electron chi connectivity index (χ3n) is 3.41. The van der Waals surface area contributed by atoms with E-state index in [0.717, 1.165) is 12.8 Å². The molecule has 0 saturated carbocycles. The van der Waals surface area contributed by atoms with E-state index in [1.165, 1.54) is 38.5 Å². The van der Waals surface area contributed by atoms with Gasteiger partial charge in [0.25, 0.3) is 0 Å². The van der Waals surface area contributed by atoms with Crippen LogP contribution in [0.25, 0.3) is 0 Å². The second-order valence-corrected chi connectivity index (χ2v) is 6.01. The number of hydrogen-bond donors (Lipinski definition) is 0. The number of hydrogen-bond acceptors (Lipinski definition) is 2. The van der Waals surface area contributed by atoms with Crippen LogP contribution < -0.4 is 0 Å². The summed E-state index contributed by atoms with van der Waals surface area (Å²) >= 11 is 0. The van der Waals surface area contributed by atoms with Gasteiger partial charge in [-0.15, -0.1) is 0 Å². The van der Waals surface area contributed by atoms with E-state index < -0.39 is 0 Å². The highest BCUT2D eigenvalue weighted by molar-refractivity contribution is 4.77. The minimum atomic E-state index is -0.00938. The van der Waals surface area contributed by atoms with Gasteiger partial charge in [0.1, 0.15) is 0 Å². The molecule has 2 unspecified atom stereocenters. The highest BCUT2D eigenvalue weighted by Crippen LogP contribution is 2.29. The Hall–Kier alpha value is -0.0800. The van der Waals surface area contributed by atoms with Crippen molar-refractivity contribution in [3.63, 3.8) is 0 Å². The van der Waals surface area contributed by atoms with Gasteiger partial charge in [-0.2, -0.15) is 0 Å². The smallest absolute Gasteiger partial charge is 0.158 e. The Morgan fingerprint density at radius 3 is 2.35 bits per heavy atom. The second-order valence-electron chi connectivity index (χ2n) is 6.01. The Morgan fingerprint density at radius 1 is 1.06 bits per heavy atom. The second kappa shape index (κ2) is 7.38. The fraction of sp³-hybridized carbons (Fsp3) is 1.00. The van der Waals surface area contributed by atoms with E-state index in [9.17, 15) is 0 Å². The summed E-state index contributed by atoms with van der Waals surface area (Å²) in [6.45, 7) is 8.74. The predicted octanol–water partition coefficient (Wildman–Crippen LogP) is 4.67. The highest BCUT2D eigenvalue weighted by Gasteiger charge is 2.32. The van der Waals surface area contributed by atoms with Gasteiger partial charge in [-0.1, -0.05) is 39.0 Å². The monoisotopic (exact) mass is 242 g/mol. The molecule has 0 aliphatic carbocycles. The van der Waals surface area contributed by atoms with Crippen LogP contribution in [-0.4, -0.2) is 18.0 Å². The number of unbranched alkanes of at least 4 members (excludes halogenated alkanes) is 5. The van der Waals surface area contributed by atoms with Crippen molar-refractivity contribution in [2.24, 2.45) is 0 Å². The zero-order valence-electron chi connectivity index (χ0n) is 12.1. The van der Waals surface area contributed by atoms with E-state index in [1.54, 1.807) is 0 Å². The lowest BCUT2D eigenvalue weighted by Gasteiger charge is -2.39. The molecule has 17 heavy (non-hydrogen) atoms. The van der Waals surface area contributed by atoms with E-state index >= 15 is 0 Å². The maximum absolute atomic E-state index is 5.95. The molecule has 2 heteroatoms. The predicted molar refractivity (Wildman–Crippen MR) is 72.1 cm³/mol. The topological polar surface area (TPSA) is 18.5 Å². The van der Waals surface area contributed by atoms with Gasteiger partial charge in [-0.05, 0) is 33.6 Å². The first kappa shape index (κ1) is 15.0. The molecular weight excluding hydrogens is 212 g/mol. The van der Waals surface area contributed by atoms with E-state index in [1.807, 2.05) is 0 Å². The Labute approximate surface area is 107 Å². The first-order chi connectivity index (χ1) is 8.03. The fourth-order valence-electron chi connectivity index (χ4n) is 2.65. The lowest BCUT2D eigenvalue weighted by molar-refractivity contribution is -0.270. The third kappa shape index (κ3) is 6.42. The molecule has 1 aliphatic heterocycles. The summed E-state index contributed by atoms with van der Waals surface area (Å²) in [5.41, 5.74) is -0.00938. The molecule has 0 spiro atoms.